The summed E-state index contributed by atoms with van der Waals surface area (Å²) in [4.78, 5) is 26.5. The first-order valence-corrected chi connectivity index (χ1v) is 15.8. The number of fused-ring (bicyclic) bond motifs is 1. The summed E-state index contributed by atoms with van der Waals surface area (Å²) in [6.45, 7) is 4.95. The first kappa shape index (κ1) is 30.4. The van der Waals surface area contributed by atoms with E-state index in [1.807, 2.05) is 50.4 Å². The van der Waals surface area contributed by atoms with Crippen LogP contribution in [0, 0.1) is 0 Å². The fourth-order valence-corrected chi connectivity index (χ4v) is 6.54. The van der Waals surface area contributed by atoms with Crippen LogP contribution in [0.2, 0.25) is 0 Å². The molecule has 3 aromatic carbocycles. The van der Waals surface area contributed by atoms with Gasteiger partial charge in [-0.15, -0.1) is 0 Å². The zero-order valence-electron chi connectivity index (χ0n) is 24.6. The third kappa shape index (κ3) is 7.14. The molecule has 0 aromatic heterocycles. The zero-order valence-corrected chi connectivity index (χ0v) is 25.4. The smallest absolute Gasteiger partial charge is 0.273 e. The molecule has 1 amide bonds. The quantitative estimate of drug-likeness (QED) is 0.279. The van der Waals surface area contributed by atoms with Gasteiger partial charge in [0.15, 0.2) is 0 Å². The van der Waals surface area contributed by atoms with Crippen LogP contribution in [0.25, 0.3) is 17.2 Å². The Balaban J connectivity index is 1.38. The largest absolute Gasteiger partial charge is 0.399 e. The predicted molar refractivity (Wildman–Crippen MR) is 170 cm³/mol. The number of hydroxylamine groups is 2. The SMILES string of the molecule is CCCN(OCc1ccc(N)cc1)C(=O)C1=Cc2ccc(-c3cccc(S(=O)(=O)N4CCN(C)CC4)c3)cc2N=C(N)C1. The lowest BCUT2D eigenvalue weighted by Gasteiger charge is -2.31. The summed E-state index contributed by atoms with van der Waals surface area (Å²) in [6.07, 6.45) is 2.69. The van der Waals surface area contributed by atoms with E-state index < -0.39 is 10.0 Å². The lowest BCUT2D eigenvalue weighted by molar-refractivity contribution is -0.187. The third-order valence-corrected chi connectivity index (χ3v) is 9.45. The van der Waals surface area contributed by atoms with E-state index >= 15 is 0 Å². The molecule has 0 atom stereocenters. The highest BCUT2D eigenvalue weighted by molar-refractivity contribution is 7.89. The lowest BCUT2D eigenvalue weighted by Crippen LogP contribution is -2.47. The fraction of sp³-hybridized carbons (Fsp3) is 0.312. The maximum atomic E-state index is 13.6. The molecule has 3 aromatic rings. The molecule has 2 aliphatic heterocycles. The van der Waals surface area contributed by atoms with Gasteiger partial charge in [0.2, 0.25) is 10.0 Å². The van der Waals surface area contributed by atoms with Gasteiger partial charge in [-0.3, -0.25) is 9.63 Å². The summed E-state index contributed by atoms with van der Waals surface area (Å²) in [5, 5.41) is 1.38. The Kier molecular flexibility index (Phi) is 9.26. The zero-order chi connectivity index (χ0) is 30.6. The number of carbonyl (C=O) groups is 1. The maximum Gasteiger partial charge on any atom is 0.273 e. The van der Waals surface area contributed by atoms with Crippen molar-refractivity contribution in [2.75, 3.05) is 45.5 Å². The van der Waals surface area contributed by atoms with Gasteiger partial charge in [0.05, 0.1) is 10.6 Å². The topological polar surface area (TPSA) is 135 Å². The highest BCUT2D eigenvalue weighted by atomic mass is 32.2. The molecule has 4 N–H and O–H groups in total. The van der Waals surface area contributed by atoms with Crippen molar-refractivity contribution < 1.29 is 18.0 Å². The summed E-state index contributed by atoms with van der Waals surface area (Å²) in [7, 11) is -1.62. The molecule has 0 spiro atoms. The highest BCUT2D eigenvalue weighted by Crippen LogP contribution is 2.33. The molecule has 10 nitrogen and oxygen atoms in total. The Hall–Kier alpha value is -4.03. The van der Waals surface area contributed by atoms with Crippen LogP contribution in [0.15, 0.2) is 82.2 Å². The van der Waals surface area contributed by atoms with Crippen LogP contribution >= 0.6 is 0 Å². The van der Waals surface area contributed by atoms with Crippen LogP contribution in [0.3, 0.4) is 0 Å². The van der Waals surface area contributed by atoms with E-state index in [2.05, 4.69) is 9.89 Å². The third-order valence-electron chi connectivity index (χ3n) is 7.56. The number of hydrogen-bond donors (Lipinski definition) is 2. The number of likely N-dealkylation sites (N-methyl/N-ethyl adjacent to an activating group) is 1. The Morgan fingerprint density at radius 3 is 2.42 bits per heavy atom. The van der Waals surface area contributed by atoms with Gasteiger partial charge in [0.25, 0.3) is 5.91 Å². The number of nitrogens with zero attached hydrogens (tertiary/aromatic N) is 4. The van der Waals surface area contributed by atoms with Crippen molar-refractivity contribution in [1.29, 1.82) is 0 Å². The molecular weight excluding hydrogens is 564 g/mol. The normalized spacial score (nSPS) is 16.1. The average Bonchev–Trinajstić information content (AvgIpc) is 3.17. The number of hydrogen-bond acceptors (Lipinski definition) is 8. The summed E-state index contributed by atoms with van der Waals surface area (Å²) in [6, 6.07) is 19.9. The van der Waals surface area contributed by atoms with E-state index in [0.717, 1.165) is 22.3 Å². The molecular formula is C32H38N6O4S. The Bertz CT molecular complexity index is 1640. The van der Waals surface area contributed by atoms with Crippen LogP contribution in [0.4, 0.5) is 11.4 Å². The van der Waals surface area contributed by atoms with Gasteiger partial charge in [-0.2, -0.15) is 4.31 Å². The monoisotopic (exact) mass is 602 g/mol. The number of nitrogens with two attached hydrogens (primary N) is 2. The van der Waals surface area contributed by atoms with E-state index in [1.54, 1.807) is 40.7 Å². The van der Waals surface area contributed by atoms with E-state index in [9.17, 15) is 13.2 Å². The van der Waals surface area contributed by atoms with Crippen molar-refractivity contribution in [2.45, 2.75) is 31.3 Å². The Morgan fingerprint density at radius 1 is 0.977 bits per heavy atom. The minimum Gasteiger partial charge on any atom is -0.399 e. The number of amidine groups is 1. The minimum atomic E-state index is -3.61. The predicted octanol–water partition coefficient (Wildman–Crippen LogP) is 4.02. The van der Waals surface area contributed by atoms with E-state index in [-0.39, 0.29) is 23.8 Å². The summed E-state index contributed by atoms with van der Waals surface area (Å²) >= 11 is 0. The first-order chi connectivity index (χ1) is 20.6. The Morgan fingerprint density at radius 2 is 1.70 bits per heavy atom. The van der Waals surface area contributed by atoms with Crippen molar-refractivity contribution in [3.05, 3.63) is 83.4 Å². The second kappa shape index (κ2) is 13.1. The maximum absolute atomic E-state index is 13.6. The van der Waals surface area contributed by atoms with E-state index in [1.165, 1.54) is 5.06 Å². The number of anilines is 1. The van der Waals surface area contributed by atoms with Crippen molar-refractivity contribution in [2.24, 2.45) is 10.7 Å². The molecule has 11 heteroatoms. The van der Waals surface area contributed by atoms with Crippen LogP contribution < -0.4 is 11.5 Å². The molecule has 0 saturated carbocycles. The molecule has 43 heavy (non-hydrogen) atoms. The molecule has 1 fully saturated rings. The second-order valence-electron chi connectivity index (χ2n) is 10.9. The van der Waals surface area contributed by atoms with Gasteiger partial charge >= 0.3 is 0 Å². The molecule has 1 saturated heterocycles. The van der Waals surface area contributed by atoms with Crippen molar-refractivity contribution >= 4 is 39.2 Å². The summed E-state index contributed by atoms with van der Waals surface area (Å²) in [5.41, 5.74) is 17.0. The molecule has 0 radical (unpaired) electrons. The standard InChI is InChI=1S/C32H38N6O4S/c1-3-13-38(42-22-23-7-11-28(33)12-8-23)32(39)27-18-26-10-9-25(20-30(26)35-31(34)21-27)24-5-4-6-29(19-24)43(40,41)37-16-14-36(2)15-17-37/h4-12,18-20H,3,13-17,21-22,33H2,1-2H3,(H2,34,35). The molecule has 5 rings (SSSR count). The number of aliphatic imine (C=N–C) groups is 1. The molecule has 0 unspecified atom stereocenters. The molecule has 2 aliphatic rings. The number of nitrogen functional groups attached to an aromatic ring is 1. The van der Waals surface area contributed by atoms with E-state index in [4.69, 9.17) is 16.3 Å². The van der Waals surface area contributed by atoms with Gasteiger partial charge in [-0.1, -0.05) is 43.3 Å². The Labute approximate surface area is 253 Å². The van der Waals surface area contributed by atoms with E-state index in [0.29, 0.717) is 61.9 Å². The summed E-state index contributed by atoms with van der Waals surface area (Å²) < 4.78 is 28.2. The first-order valence-electron chi connectivity index (χ1n) is 14.4. The lowest BCUT2D eigenvalue weighted by atomic mass is 10.0. The van der Waals surface area contributed by atoms with Crippen LogP contribution in [-0.4, -0.2) is 74.2 Å². The van der Waals surface area contributed by atoms with Gasteiger partial charge in [-0.05, 0) is 66.6 Å². The van der Waals surface area contributed by atoms with Gasteiger partial charge in [0.1, 0.15) is 12.4 Å². The van der Waals surface area contributed by atoms with Gasteiger partial charge < -0.3 is 16.4 Å². The highest BCUT2D eigenvalue weighted by Gasteiger charge is 2.28. The number of sulfonamides is 1. The molecule has 0 aliphatic carbocycles. The number of rotatable bonds is 9. The van der Waals surface area contributed by atoms with Crippen molar-refractivity contribution in [3.8, 4) is 11.1 Å². The van der Waals surface area contributed by atoms with Crippen molar-refractivity contribution in [3.63, 3.8) is 0 Å². The number of benzene rings is 3. The van der Waals surface area contributed by atoms with Crippen molar-refractivity contribution in [1.82, 2.24) is 14.3 Å². The number of piperazine rings is 1. The molecule has 226 valence electrons. The average molecular weight is 603 g/mol. The summed E-state index contributed by atoms with van der Waals surface area (Å²) in [5.74, 6) is 0.0334. The van der Waals surface area contributed by atoms with Gasteiger partial charge in [0, 0.05) is 56.0 Å². The molecule has 0 bridgehead atoms. The number of amides is 1. The van der Waals surface area contributed by atoms with Crippen LogP contribution in [0.1, 0.15) is 30.9 Å². The number of carbonyl (C=O) groups excluding carboxylic acids is 1. The van der Waals surface area contributed by atoms with Gasteiger partial charge in [-0.25, -0.2) is 18.5 Å². The fourth-order valence-electron chi connectivity index (χ4n) is 5.08. The molecule has 2 heterocycles. The second-order valence-corrected chi connectivity index (χ2v) is 12.8. The van der Waals surface area contributed by atoms with Crippen LogP contribution in [-0.2, 0) is 26.3 Å². The minimum absolute atomic E-state index is 0.174. The van der Waals surface area contributed by atoms with Crippen LogP contribution in [0.5, 0.6) is 0 Å².